The normalized spacial score (nSPS) is 20.5. The maximum Gasteiger partial charge on any atom is 0.144 e. The summed E-state index contributed by atoms with van der Waals surface area (Å²) >= 11 is 0. The number of hydrogen-bond donors (Lipinski definition) is 1. The van der Waals surface area contributed by atoms with Gasteiger partial charge in [0.05, 0.1) is 18.1 Å². The molecule has 1 saturated heterocycles. The fourth-order valence-electron chi connectivity index (χ4n) is 3.02. The smallest absolute Gasteiger partial charge is 0.144 e. The lowest BCUT2D eigenvalue weighted by atomic mass is 9.89. The molecule has 0 amide bonds. The van der Waals surface area contributed by atoms with E-state index >= 15 is 0 Å². The molecule has 1 aliphatic rings. The molecule has 4 heteroatoms. The topological polar surface area (TPSA) is 41.1 Å². The van der Waals surface area contributed by atoms with Crippen LogP contribution in [-0.2, 0) is 6.54 Å². The van der Waals surface area contributed by atoms with Crippen molar-refractivity contribution in [1.82, 2.24) is 14.9 Å². The van der Waals surface area contributed by atoms with E-state index in [4.69, 9.17) is 0 Å². The molecular weight excluding hydrogens is 260 g/mol. The maximum absolute atomic E-state index is 4.54. The van der Waals surface area contributed by atoms with Crippen LogP contribution in [0.15, 0.2) is 12.4 Å². The molecule has 1 aliphatic heterocycles. The minimum atomic E-state index is 0.814. The van der Waals surface area contributed by atoms with Gasteiger partial charge in [-0.1, -0.05) is 20.8 Å². The highest BCUT2D eigenvalue weighted by molar-refractivity contribution is 5.30. The van der Waals surface area contributed by atoms with Gasteiger partial charge in [-0.15, -0.1) is 0 Å². The molecule has 0 bridgehead atoms. The molecule has 0 saturated carbocycles. The molecule has 1 aromatic heterocycles. The molecule has 1 atom stereocenters. The summed E-state index contributed by atoms with van der Waals surface area (Å²) in [6.07, 6.45) is 8.89. The zero-order valence-electron chi connectivity index (χ0n) is 13.8. The summed E-state index contributed by atoms with van der Waals surface area (Å²) in [5.41, 5.74) is 1.08. The summed E-state index contributed by atoms with van der Waals surface area (Å²) in [5.74, 6) is 2.59. The van der Waals surface area contributed by atoms with Gasteiger partial charge in [0.2, 0.25) is 0 Å². The van der Waals surface area contributed by atoms with Crippen LogP contribution in [0.3, 0.4) is 0 Å². The van der Waals surface area contributed by atoms with E-state index in [2.05, 4.69) is 41.0 Å². The molecule has 1 aromatic rings. The monoisotopic (exact) mass is 290 g/mol. The fraction of sp³-hybridized carbons (Fsp3) is 0.765. The molecule has 2 heterocycles. The average molecular weight is 290 g/mol. The zero-order valence-corrected chi connectivity index (χ0v) is 13.8. The number of rotatable bonds is 6. The molecule has 1 unspecified atom stereocenters. The van der Waals surface area contributed by atoms with Gasteiger partial charge in [0.25, 0.3) is 0 Å². The van der Waals surface area contributed by atoms with E-state index in [9.17, 15) is 0 Å². The third-order valence-corrected chi connectivity index (χ3v) is 4.46. The van der Waals surface area contributed by atoms with Gasteiger partial charge in [0, 0.05) is 13.1 Å². The van der Waals surface area contributed by atoms with Crippen LogP contribution in [0.2, 0.25) is 0 Å². The van der Waals surface area contributed by atoms with Crippen LogP contribution < -0.4 is 5.32 Å². The summed E-state index contributed by atoms with van der Waals surface area (Å²) in [7, 11) is 0. The summed E-state index contributed by atoms with van der Waals surface area (Å²) in [5, 5.41) is 3.27. The van der Waals surface area contributed by atoms with Crippen molar-refractivity contribution in [1.29, 1.82) is 0 Å². The first kappa shape index (κ1) is 16.2. The van der Waals surface area contributed by atoms with Crippen molar-refractivity contribution in [3.05, 3.63) is 18.1 Å². The number of hydrogen-bond acceptors (Lipinski definition) is 4. The fourth-order valence-corrected chi connectivity index (χ4v) is 3.02. The number of likely N-dealkylation sites (tertiary alicyclic amines) is 1. The first-order valence-corrected chi connectivity index (χ1v) is 8.46. The van der Waals surface area contributed by atoms with E-state index in [-0.39, 0.29) is 0 Å². The van der Waals surface area contributed by atoms with E-state index in [1.165, 1.54) is 32.4 Å². The Kier molecular flexibility index (Phi) is 6.43. The van der Waals surface area contributed by atoms with E-state index in [1.807, 2.05) is 12.4 Å². The highest BCUT2D eigenvalue weighted by atomic mass is 15.1. The van der Waals surface area contributed by atoms with Crippen molar-refractivity contribution >= 4 is 5.82 Å². The molecular formula is C17H30N4. The molecule has 21 heavy (non-hydrogen) atoms. The Balaban J connectivity index is 1.83. The van der Waals surface area contributed by atoms with Gasteiger partial charge in [-0.2, -0.15) is 0 Å². The number of nitrogens with one attached hydrogen (secondary N) is 1. The lowest BCUT2D eigenvalue weighted by molar-refractivity contribution is 0.262. The quantitative estimate of drug-likeness (QED) is 0.870. The highest BCUT2D eigenvalue weighted by Gasteiger charge is 2.19. The van der Waals surface area contributed by atoms with Crippen molar-refractivity contribution in [2.75, 3.05) is 25.0 Å². The van der Waals surface area contributed by atoms with Gasteiger partial charge in [0.1, 0.15) is 5.82 Å². The summed E-state index contributed by atoms with van der Waals surface area (Å²) in [6, 6.07) is 0. The lowest BCUT2D eigenvalue weighted by Crippen LogP contribution is -2.25. The Morgan fingerprint density at radius 2 is 2.10 bits per heavy atom. The third kappa shape index (κ3) is 5.27. The number of aromatic nitrogens is 2. The van der Waals surface area contributed by atoms with Crippen LogP contribution >= 0.6 is 0 Å². The highest BCUT2D eigenvalue weighted by Crippen LogP contribution is 2.25. The molecule has 0 aliphatic carbocycles. The van der Waals surface area contributed by atoms with E-state index < -0.39 is 0 Å². The first-order chi connectivity index (χ1) is 10.2. The Morgan fingerprint density at radius 1 is 1.24 bits per heavy atom. The largest absolute Gasteiger partial charge is 0.369 e. The predicted molar refractivity (Wildman–Crippen MR) is 88.3 cm³/mol. The second-order valence-electron chi connectivity index (χ2n) is 6.53. The van der Waals surface area contributed by atoms with Crippen LogP contribution in [-0.4, -0.2) is 34.5 Å². The number of anilines is 1. The van der Waals surface area contributed by atoms with Crippen molar-refractivity contribution in [3.63, 3.8) is 0 Å². The molecule has 0 radical (unpaired) electrons. The molecule has 1 N–H and O–H groups in total. The van der Waals surface area contributed by atoms with E-state index in [1.54, 1.807) is 0 Å². The second-order valence-corrected chi connectivity index (χ2v) is 6.53. The standard InChI is InChI=1S/C17H30N4/c1-4-8-18-17-12-19-16(11-20-17)13-21-9-5-6-15(7-10-21)14(2)3/h11-12,14-15H,4-10,13H2,1-3H3,(H,18,20). The van der Waals surface area contributed by atoms with Crippen molar-refractivity contribution in [3.8, 4) is 0 Å². The predicted octanol–water partition coefficient (Wildman–Crippen LogP) is 3.56. The van der Waals surface area contributed by atoms with Crippen LogP contribution in [0.5, 0.6) is 0 Å². The van der Waals surface area contributed by atoms with Gasteiger partial charge in [-0.05, 0) is 50.6 Å². The molecule has 1 fully saturated rings. The average Bonchev–Trinajstić information content (AvgIpc) is 2.72. The summed E-state index contributed by atoms with van der Waals surface area (Å²) < 4.78 is 0. The SMILES string of the molecule is CCCNc1cnc(CN2CCCC(C(C)C)CC2)cn1. The van der Waals surface area contributed by atoms with Crippen LogP contribution in [0.25, 0.3) is 0 Å². The molecule has 0 spiro atoms. The van der Waals surface area contributed by atoms with Crippen molar-refractivity contribution in [2.45, 2.75) is 53.0 Å². The minimum absolute atomic E-state index is 0.814. The van der Waals surface area contributed by atoms with E-state index in [0.29, 0.717) is 0 Å². The zero-order chi connectivity index (χ0) is 15.1. The molecule has 118 valence electrons. The molecule has 4 nitrogen and oxygen atoms in total. The van der Waals surface area contributed by atoms with Gasteiger partial charge in [-0.25, -0.2) is 4.98 Å². The van der Waals surface area contributed by atoms with Crippen LogP contribution in [0, 0.1) is 11.8 Å². The van der Waals surface area contributed by atoms with Crippen LogP contribution in [0.1, 0.15) is 52.1 Å². The van der Waals surface area contributed by atoms with Crippen molar-refractivity contribution < 1.29 is 0 Å². The van der Waals surface area contributed by atoms with E-state index in [0.717, 1.165) is 42.9 Å². The van der Waals surface area contributed by atoms with Gasteiger partial charge < -0.3 is 5.32 Å². The Bertz CT molecular complexity index is 402. The Hall–Kier alpha value is -1.16. The second kappa shape index (κ2) is 8.32. The summed E-state index contributed by atoms with van der Waals surface area (Å²) in [6.45, 7) is 11.1. The first-order valence-electron chi connectivity index (χ1n) is 8.46. The molecule has 2 rings (SSSR count). The molecule has 0 aromatic carbocycles. The Labute approximate surface area is 129 Å². The third-order valence-electron chi connectivity index (χ3n) is 4.46. The van der Waals surface area contributed by atoms with Crippen LogP contribution in [0.4, 0.5) is 5.82 Å². The van der Waals surface area contributed by atoms with Gasteiger partial charge in [-0.3, -0.25) is 9.88 Å². The lowest BCUT2D eigenvalue weighted by Gasteiger charge is -2.20. The minimum Gasteiger partial charge on any atom is -0.369 e. The Morgan fingerprint density at radius 3 is 2.76 bits per heavy atom. The van der Waals surface area contributed by atoms with Gasteiger partial charge in [0.15, 0.2) is 0 Å². The maximum atomic E-state index is 4.54. The summed E-state index contributed by atoms with van der Waals surface area (Å²) in [4.78, 5) is 11.5. The van der Waals surface area contributed by atoms with Gasteiger partial charge >= 0.3 is 0 Å². The van der Waals surface area contributed by atoms with Crippen molar-refractivity contribution in [2.24, 2.45) is 11.8 Å². The number of nitrogens with zero attached hydrogens (tertiary/aromatic N) is 3.